The van der Waals surface area contributed by atoms with Crippen LogP contribution in [0.25, 0.3) is 11.0 Å². The minimum absolute atomic E-state index is 0.0724. The molecular formula is C18H13N3O4. The van der Waals surface area contributed by atoms with Crippen LogP contribution in [0.2, 0.25) is 0 Å². The van der Waals surface area contributed by atoms with Crippen molar-refractivity contribution in [3.05, 3.63) is 81.2 Å². The number of hydrogen-bond acceptors (Lipinski definition) is 4. The largest absolute Gasteiger partial charge is 0.805 e. The van der Waals surface area contributed by atoms with E-state index in [2.05, 4.69) is 0 Å². The van der Waals surface area contributed by atoms with Crippen molar-refractivity contribution >= 4 is 22.8 Å². The Labute approximate surface area is 141 Å². The molecule has 2 aromatic carbocycles. The molecule has 4 rings (SSSR count). The van der Waals surface area contributed by atoms with Crippen LogP contribution in [0.4, 0.5) is 0 Å². The third-order valence-corrected chi connectivity index (χ3v) is 4.47. The summed E-state index contributed by atoms with van der Waals surface area (Å²) < 4.78 is 1.26. The number of hydrogen-bond donors (Lipinski definition) is 0. The lowest BCUT2D eigenvalue weighted by Crippen LogP contribution is -2.36. The van der Waals surface area contributed by atoms with Gasteiger partial charge in [-0.25, -0.2) is 0 Å². The highest BCUT2D eigenvalue weighted by atomic mass is 16.5. The maximum atomic E-state index is 12.7. The summed E-state index contributed by atoms with van der Waals surface area (Å²) >= 11 is 0. The molecule has 1 aromatic heterocycles. The van der Waals surface area contributed by atoms with E-state index in [1.165, 1.54) is 13.0 Å². The first-order chi connectivity index (χ1) is 12.0. The van der Waals surface area contributed by atoms with E-state index in [0.717, 1.165) is 4.90 Å². The minimum Gasteiger partial charge on any atom is -0.805 e. The number of carbonyl (C=O) groups is 2. The van der Waals surface area contributed by atoms with Crippen molar-refractivity contribution < 1.29 is 14.0 Å². The average Bonchev–Trinajstić information content (AvgIpc) is 2.88. The molecule has 25 heavy (non-hydrogen) atoms. The first-order valence-electron chi connectivity index (χ1n) is 7.69. The number of rotatable bonds is 2. The van der Waals surface area contributed by atoms with Crippen LogP contribution in [-0.4, -0.2) is 21.4 Å². The quantitative estimate of drug-likeness (QED) is 0.529. The van der Waals surface area contributed by atoms with Crippen LogP contribution in [0.5, 0.6) is 0 Å². The molecule has 7 nitrogen and oxygen atoms in total. The van der Waals surface area contributed by atoms with E-state index in [4.69, 9.17) is 0 Å². The van der Waals surface area contributed by atoms with Gasteiger partial charge >= 0.3 is 0 Å². The van der Waals surface area contributed by atoms with Crippen molar-refractivity contribution in [1.29, 1.82) is 0 Å². The molecule has 7 heteroatoms. The standard InChI is InChI=1S/C18H13N3O4/c1-11-16(21(25)15-9-5-4-8-14(15)20(11)24)10-19-17(22)12-6-2-3-7-13(12)18(19)23/h2-9H,10H2,1H3. The fourth-order valence-electron chi connectivity index (χ4n) is 3.11. The van der Waals surface area contributed by atoms with Gasteiger partial charge in [0.25, 0.3) is 23.0 Å². The molecule has 1 aliphatic rings. The zero-order chi connectivity index (χ0) is 17.7. The van der Waals surface area contributed by atoms with Crippen LogP contribution >= 0.6 is 0 Å². The summed E-state index contributed by atoms with van der Waals surface area (Å²) in [6.07, 6.45) is 0. The molecule has 0 atom stereocenters. The summed E-state index contributed by atoms with van der Waals surface area (Å²) in [5, 5.41) is 12.4. The molecule has 0 saturated heterocycles. The molecule has 1 aliphatic heterocycles. The summed E-state index contributed by atoms with van der Waals surface area (Å²) in [7, 11) is 0. The van der Waals surface area contributed by atoms with Gasteiger partial charge in [0, 0.05) is 11.0 Å². The number of amides is 2. The highest BCUT2D eigenvalue weighted by Crippen LogP contribution is 2.24. The average molecular weight is 335 g/mol. The number of carbonyl (C=O) groups excluding carboxylic acids is 2. The number of nitrogens with zero attached hydrogens (tertiary/aromatic N) is 3. The highest BCUT2D eigenvalue weighted by Gasteiger charge is 2.37. The molecule has 0 aliphatic carbocycles. The number of benzene rings is 2. The van der Waals surface area contributed by atoms with Crippen LogP contribution in [0, 0.1) is 17.0 Å². The van der Waals surface area contributed by atoms with Crippen molar-refractivity contribution in [1.82, 2.24) is 9.63 Å². The Morgan fingerprint density at radius 2 is 1.52 bits per heavy atom. The topological polar surface area (TPSA) is 88.3 Å². The third kappa shape index (κ3) is 2.06. The van der Waals surface area contributed by atoms with Crippen molar-refractivity contribution in [3.8, 4) is 0 Å². The SMILES string of the molecule is Cc1c(CN2C(=O)c3ccccc3C2=O)[n+](=O)c2ccccc2n1[O-]. The minimum atomic E-state index is -0.467. The molecule has 0 spiro atoms. The molecule has 0 radical (unpaired) electrons. The van der Waals surface area contributed by atoms with Gasteiger partial charge in [0.15, 0.2) is 0 Å². The summed E-state index contributed by atoms with van der Waals surface area (Å²) in [5.74, 6) is -0.934. The van der Waals surface area contributed by atoms with Gasteiger partial charge in [-0.15, -0.1) is 0 Å². The summed E-state index contributed by atoms with van der Waals surface area (Å²) in [6.45, 7) is 1.25. The van der Waals surface area contributed by atoms with Crippen LogP contribution in [0.3, 0.4) is 0 Å². The van der Waals surface area contributed by atoms with Crippen molar-refractivity contribution in [2.24, 2.45) is 0 Å². The second kappa shape index (κ2) is 5.27. The Morgan fingerprint density at radius 3 is 2.16 bits per heavy atom. The van der Waals surface area contributed by atoms with Crippen LogP contribution < -0.4 is 4.43 Å². The van der Waals surface area contributed by atoms with E-state index in [-0.39, 0.29) is 29.0 Å². The van der Waals surface area contributed by atoms with E-state index < -0.39 is 11.8 Å². The summed E-state index contributed by atoms with van der Waals surface area (Å²) in [5.41, 5.74) is 1.26. The second-order valence-electron chi connectivity index (χ2n) is 5.85. The molecule has 124 valence electrons. The molecule has 3 aromatic rings. The number of para-hydroxylation sites is 2. The molecule has 0 fully saturated rings. The molecule has 2 heterocycles. The lowest BCUT2D eigenvalue weighted by molar-refractivity contribution is -0.477. The highest BCUT2D eigenvalue weighted by molar-refractivity contribution is 6.21. The van der Waals surface area contributed by atoms with E-state index in [0.29, 0.717) is 20.3 Å². The third-order valence-electron chi connectivity index (χ3n) is 4.47. The van der Waals surface area contributed by atoms with Gasteiger partial charge in [0.2, 0.25) is 0 Å². The van der Waals surface area contributed by atoms with Crippen molar-refractivity contribution in [3.63, 3.8) is 0 Å². The van der Waals surface area contributed by atoms with E-state index in [1.54, 1.807) is 42.5 Å². The first kappa shape index (κ1) is 15.1. The Kier molecular flexibility index (Phi) is 3.18. The summed E-state index contributed by atoms with van der Waals surface area (Å²) in [4.78, 5) is 38.7. The summed E-state index contributed by atoms with van der Waals surface area (Å²) in [6, 6.07) is 12.9. The smallest absolute Gasteiger partial charge is 0.286 e. The molecule has 0 unspecified atom stereocenters. The zero-order valence-corrected chi connectivity index (χ0v) is 13.3. The predicted octanol–water partition coefficient (Wildman–Crippen LogP) is 2.01. The Hall–Kier alpha value is -3.48. The van der Waals surface area contributed by atoms with Gasteiger partial charge < -0.3 is 9.94 Å². The predicted molar refractivity (Wildman–Crippen MR) is 89.5 cm³/mol. The number of aromatic nitrogens is 2. The zero-order valence-electron chi connectivity index (χ0n) is 13.3. The lowest BCUT2D eigenvalue weighted by Gasteiger charge is -2.18. The first-order valence-corrected chi connectivity index (χ1v) is 7.69. The molecule has 0 N–H and O–H groups in total. The van der Waals surface area contributed by atoms with Gasteiger partial charge in [-0.05, 0) is 25.1 Å². The van der Waals surface area contributed by atoms with Gasteiger partial charge in [0.05, 0.1) is 21.2 Å². The molecule has 0 saturated carbocycles. The van der Waals surface area contributed by atoms with E-state index >= 15 is 0 Å². The van der Waals surface area contributed by atoms with E-state index in [1.807, 2.05) is 0 Å². The monoisotopic (exact) mass is 335 g/mol. The van der Waals surface area contributed by atoms with Gasteiger partial charge in [0.1, 0.15) is 12.1 Å². The van der Waals surface area contributed by atoms with Gasteiger partial charge in [-0.1, -0.05) is 24.3 Å². The number of imide groups is 1. The maximum Gasteiger partial charge on any atom is 0.286 e. The Morgan fingerprint density at radius 1 is 0.960 bits per heavy atom. The van der Waals surface area contributed by atoms with Gasteiger partial charge in [-0.3, -0.25) is 14.5 Å². The lowest BCUT2D eigenvalue weighted by atomic mass is 10.1. The van der Waals surface area contributed by atoms with Crippen molar-refractivity contribution in [2.45, 2.75) is 13.5 Å². The second-order valence-corrected chi connectivity index (χ2v) is 5.85. The number of fused-ring (bicyclic) bond motifs is 2. The molecule has 0 bridgehead atoms. The fourth-order valence-corrected chi connectivity index (χ4v) is 3.11. The van der Waals surface area contributed by atoms with Crippen molar-refractivity contribution in [2.75, 3.05) is 0 Å². The Bertz CT molecular complexity index is 1080. The fraction of sp³-hybridized carbons (Fsp3) is 0.111. The van der Waals surface area contributed by atoms with Crippen LogP contribution in [0.15, 0.2) is 48.5 Å². The Balaban J connectivity index is 1.84. The normalized spacial score (nSPS) is 13.6. The van der Waals surface area contributed by atoms with Crippen LogP contribution in [-0.2, 0) is 6.54 Å². The molecule has 2 amide bonds. The molecular weight excluding hydrogens is 322 g/mol. The maximum absolute atomic E-state index is 12.7. The van der Waals surface area contributed by atoms with Gasteiger partial charge in [-0.2, -0.15) is 0 Å². The van der Waals surface area contributed by atoms with E-state index in [9.17, 15) is 19.7 Å². The van der Waals surface area contributed by atoms with Crippen LogP contribution in [0.1, 0.15) is 32.1 Å².